The van der Waals surface area contributed by atoms with Crippen LogP contribution in [0.1, 0.15) is 0 Å². The molecule has 6 N–H and O–H groups in total. The van der Waals surface area contributed by atoms with Gasteiger partial charge in [0.25, 0.3) is 0 Å². The Labute approximate surface area is 103 Å². The minimum Gasteiger partial charge on any atom is -0.393 e. The molecule has 0 fully saturated rings. The Bertz CT molecular complexity index is 530. The largest absolute Gasteiger partial charge is 0.393 e. The number of benzene rings is 1. The Morgan fingerprint density at radius 1 is 1.12 bits per heavy atom. The van der Waals surface area contributed by atoms with Crippen molar-refractivity contribution in [2.45, 2.75) is 0 Å². The molecule has 7 heteroatoms. The van der Waals surface area contributed by atoms with Crippen LogP contribution in [0, 0.1) is 0 Å². The molecule has 1 heterocycles. The van der Waals surface area contributed by atoms with Gasteiger partial charge in [-0.3, -0.25) is 0 Å². The molecule has 2 aromatic rings. The molecular weight excluding hydrogens is 240 g/mol. The number of para-hydroxylation sites is 1. The van der Waals surface area contributed by atoms with Gasteiger partial charge in [-0.15, -0.1) is 0 Å². The summed E-state index contributed by atoms with van der Waals surface area (Å²) in [5.41, 5.74) is 9.24. The van der Waals surface area contributed by atoms with Crippen LogP contribution in [0.15, 0.2) is 30.6 Å². The molecule has 0 aliphatic rings. The van der Waals surface area contributed by atoms with Gasteiger partial charge in [0.15, 0.2) is 11.6 Å². The molecule has 2 rings (SSSR count). The Balaban J connectivity index is 2.34. The van der Waals surface area contributed by atoms with E-state index in [0.717, 1.165) is 0 Å². The number of hydrazine groups is 1. The Morgan fingerprint density at radius 3 is 2.53 bits per heavy atom. The van der Waals surface area contributed by atoms with Crippen LogP contribution in [0.5, 0.6) is 0 Å². The number of nitrogen functional groups attached to an aromatic ring is 2. The van der Waals surface area contributed by atoms with Crippen LogP contribution in [-0.4, -0.2) is 9.97 Å². The maximum absolute atomic E-state index is 6.01. The molecule has 0 atom stereocenters. The van der Waals surface area contributed by atoms with Crippen molar-refractivity contribution in [3.8, 4) is 0 Å². The number of aromatic nitrogens is 2. The number of halogens is 1. The molecule has 0 radical (unpaired) electrons. The maximum atomic E-state index is 6.01. The smallest absolute Gasteiger partial charge is 0.168 e. The molecule has 6 nitrogen and oxygen atoms in total. The lowest BCUT2D eigenvalue weighted by atomic mass is 10.3. The second-order valence-electron chi connectivity index (χ2n) is 3.23. The van der Waals surface area contributed by atoms with Gasteiger partial charge in [-0.05, 0) is 12.1 Å². The van der Waals surface area contributed by atoms with Crippen molar-refractivity contribution in [3.05, 3.63) is 35.6 Å². The third-order valence-electron chi connectivity index (χ3n) is 2.15. The van der Waals surface area contributed by atoms with Crippen molar-refractivity contribution in [3.63, 3.8) is 0 Å². The van der Waals surface area contributed by atoms with Gasteiger partial charge in [0.1, 0.15) is 12.0 Å². The average molecular weight is 251 g/mol. The fraction of sp³-hybridized carbons (Fsp3) is 0. The highest BCUT2D eigenvalue weighted by Gasteiger charge is 2.08. The summed E-state index contributed by atoms with van der Waals surface area (Å²) < 4.78 is 0. The molecule has 1 aromatic heterocycles. The highest BCUT2D eigenvalue weighted by atomic mass is 35.5. The molecule has 0 aliphatic carbocycles. The van der Waals surface area contributed by atoms with Gasteiger partial charge in [0.05, 0.1) is 10.7 Å². The van der Waals surface area contributed by atoms with Crippen molar-refractivity contribution in [2.24, 2.45) is 5.84 Å². The molecule has 0 bridgehead atoms. The number of nitrogens with zero attached hydrogens (tertiary/aromatic N) is 2. The molecule has 0 saturated heterocycles. The highest BCUT2D eigenvalue weighted by Crippen LogP contribution is 2.28. The van der Waals surface area contributed by atoms with Gasteiger partial charge in [-0.1, -0.05) is 23.7 Å². The van der Waals surface area contributed by atoms with E-state index in [-0.39, 0.29) is 0 Å². The SMILES string of the molecule is NNc1ncnc(Nc2ccccc2Cl)c1N. The van der Waals surface area contributed by atoms with Gasteiger partial charge in [-0.2, -0.15) is 0 Å². The zero-order valence-electron chi connectivity index (χ0n) is 8.81. The topological polar surface area (TPSA) is 102 Å². The zero-order chi connectivity index (χ0) is 12.3. The summed E-state index contributed by atoms with van der Waals surface area (Å²) in [6.07, 6.45) is 1.35. The van der Waals surface area contributed by atoms with Crippen molar-refractivity contribution >= 4 is 34.6 Å². The summed E-state index contributed by atoms with van der Waals surface area (Å²) in [7, 11) is 0. The molecule has 1 aromatic carbocycles. The van der Waals surface area contributed by atoms with E-state index < -0.39 is 0 Å². The van der Waals surface area contributed by atoms with Crippen LogP contribution in [0.25, 0.3) is 0 Å². The predicted molar refractivity (Wildman–Crippen MR) is 69.0 cm³/mol. The van der Waals surface area contributed by atoms with Crippen LogP contribution >= 0.6 is 11.6 Å². The van der Waals surface area contributed by atoms with Crippen LogP contribution in [0.4, 0.5) is 23.0 Å². The number of hydrogen-bond acceptors (Lipinski definition) is 6. The predicted octanol–water partition coefficient (Wildman–Crippen LogP) is 1.74. The number of nitrogens with one attached hydrogen (secondary N) is 2. The summed E-state index contributed by atoms with van der Waals surface area (Å²) in [4.78, 5) is 7.90. The summed E-state index contributed by atoms with van der Waals surface area (Å²) in [6, 6.07) is 7.28. The Morgan fingerprint density at radius 2 is 1.82 bits per heavy atom. The molecule has 0 spiro atoms. The summed E-state index contributed by atoms with van der Waals surface area (Å²) in [5.74, 6) is 6.07. The van der Waals surface area contributed by atoms with Gasteiger partial charge in [-0.25, -0.2) is 15.8 Å². The Kier molecular flexibility index (Phi) is 3.27. The van der Waals surface area contributed by atoms with Crippen molar-refractivity contribution < 1.29 is 0 Å². The third kappa shape index (κ3) is 2.38. The lowest BCUT2D eigenvalue weighted by Gasteiger charge is -2.11. The standard InChI is InChI=1S/C10H11ClN6/c11-6-3-1-2-4-7(6)16-9-8(12)10(17-13)15-5-14-9/h1-5H,12-13H2,(H2,14,15,16,17). The first-order valence-electron chi connectivity index (χ1n) is 4.81. The van der Waals surface area contributed by atoms with E-state index in [2.05, 4.69) is 20.7 Å². The van der Waals surface area contributed by atoms with Crippen molar-refractivity contribution in [1.82, 2.24) is 9.97 Å². The molecule has 0 saturated carbocycles. The normalized spacial score (nSPS) is 10.0. The second kappa shape index (κ2) is 4.86. The number of hydrogen-bond donors (Lipinski definition) is 4. The van der Waals surface area contributed by atoms with E-state index >= 15 is 0 Å². The minimum absolute atomic E-state index is 0.329. The molecular formula is C10H11ClN6. The van der Waals surface area contributed by atoms with Gasteiger partial charge < -0.3 is 16.5 Å². The first kappa shape index (κ1) is 11.4. The minimum atomic E-state index is 0.329. The summed E-state index contributed by atoms with van der Waals surface area (Å²) >= 11 is 6.01. The molecule has 0 unspecified atom stereocenters. The van der Waals surface area contributed by atoms with Gasteiger partial charge in [0.2, 0.25) is 0 Å². The van der Waals surface area contributed by atoms with Crippen molar-refractivity contribution in [2.75, 3.05) is 16.5 Å². The zero-order valence-corrected chi connectivity index (χ0v) is 9.57. The maximum Gasteiger partial charge on any atom is 0.168 e. The lowest BCUT2D eigenvalue weighted by Crippen LogP contribution is -2.12. The van der Waals surface area contributed by atoms with Crippen LogP contribution < -0.4 is 22.3 Å². The summed E-state index contributed by atoms with van der Waals surface area (Å²) in [6.45, 7) is 0. The van der Waals surface area contributed by atoms with E-state index in [1.165, 1.54) is 6.33 Å². The van der Waals surface area contributed by atoms with E-state index in [9.17, 15) is 0 Å². The second-order valence-corrected chi connectivity index (χ2v) is 3.64. The first-order valence-corrected chi connectivity index (χ1v) is 5.19. The number of nitrogens with two attached hydrogens (primary N) is 2. The van der Waals surface area contributed by atoms with Crippen molar-refractivity contribution in [1.29, 1.82) is 0 Å². The summed E-state index contributed by atoms with van der Waals surface area (Å²) in [5, 5.41) is 3.59. The van der Waals surface area contributed by atoms with E-state index in [1.54, 1.807) is 6.07 Å². The Hall–Kier alpha value is -2.05. The van der Waals surface area contributed by atoms with Crippen LogP contribution in [-0.2, 0) is 0 Å². The van der Waals surface area contributed by atoms with E-state index in [0.29, 0.717) is 28.0 Å². The quantitative estimate of drug-likeness (QED) is 0.489. The van der Waals surface area contributed by atoms with E-state index in [1.807, 2.05) is 18.2 Å². The van der Waals surface area contributed by atoms with E-state index in [4.69, 9.17) is 23.2 Å². The lowest BCUT2D eigenvalue weighted by molar-refractivity contribution is 1.14. The number of anilines is 4. The fourth-order valence-corrected chi connectivity index (χ4v) is 1.48. The van der Waals surface area contributed by atoms with Crippen LogP contribution in [0.3, 0.4) is 0 Å². The number of rotatable bonds is 3. The molecule has 17 heavy (non-hydrogen) atoms. The highest BCUT2D eigenvalue weighted by molar-refractivity contribution is 6.33. The molecule has 88 valence electrons. The molecule has 0 amide bonds. The molecule has 0 aliphatic heterocycles. The van der Waals surface area contributed by atoms with Gasteiger partial charge >= 0.3 is 0 Å². The average Bonchev–Trinajstić information content (AvgIpc) is 2.34. The van der Waals surface area contributed by atoms with Gasteiger partial charge in [0, 0.05) is 0 Å². The van der Waals surface area contributed by atoms with Crippen LogP contribution in [0.2, 0.25) is 5.02 Å². The third-order valence-corrected chi connectivity index (χ3v) is 2.48. The first-order chi connectivity index (χ1) is 8.22. The fourth-order valence-electron chi connectivity index (χ4n) is 1.30. The monoisotopic (exact) mass is 250 g/mol.